The van der Waals surface area contributed by atoms with Gasteiger partial charge in [-0.25, -0.2) is 4.98 Å². The minimum atomic E-state index is -0.169. The number of rotatable bonds is 6. The van der Waals surface area contributed by atoms with E-state index in [9.17, 15) is 9.59 Å². The van der Waals surface area contributed by atoms with Gasteiger partial charge in [-0.1, -0.05) is 12.1 Å². The van der Waals surface area contributed by atoms with E-state index in [1.807, 2.05) is 18.2 Å². The van der Waals surface area contributed by atoms with Gasteiger partial charge in [-0.3, -0.25) is 14.6 Å². The molecule has 1 saturated heterocycles. The summed E-state index contributed by atoms with van der Waals surface area (Å²) in [5, 5.41) is 2.89. The van der Waals surface area contributed by atoms with Crippen molar-refractivity contribution in [3.05, 3.63) is 77.8 Å². The molecule has 2 amide bonds. The Morgan fingerprint density at radius 1 is 1.23 bits per heavy atom. The lowest BCUT2D eigenvalue weighted by atomic mass is 10.1. The van der Waals surface area contributed by atoms with E-state index in [4.69, 9.17) is 9.15 Å². The molecule has 0 bridgehead atoms. The average Bonchev–Trinajstić information content (AvgIpc) is 3.24. The molecule has 0 saturated carbocycles. The summed E-state index contributed by atoms with van der Waals surface area (Å²) in [6.07, 6.45) is 6.10. The van der Waals surface area contributed by atoms with Crippen molar-refractivity contribution in [1.82, 2.24) is 20.2 Å². The molecule has 2 aromatic heterocycles. The van der Waals surface area contributed by atoms with Gasteiger partial charge in [0.2, 0.25) is 5.76 Å². The van der Waals surface area contributed by atoms with Crippen molar-refractivity contribution < 1.29 is 18.7 Å². The quantitative estimate of drug-likeness (QED) is 0.658. The number of hydrogen-bond acceptors (Lipinski definition) is 6. The topological polar surface area (TPSA) is 97.6 Å². The predicted molar refractivity (Wildman–Crippen MR) is 113 cm³/mol. The van der Waals surface area contributed by atoms with Crippen LogP contribution in [0, 0.1) is 6.92 Å². The highest BCUT2D eigenvalue weighted by Crippen LogP contribution is 2.22. The molecule has 3 heterocycles. The third-order valence-electron chi connectivity index (χ3n) is 5.24. The molecule has 4 rings (SSSR count). The molecule has 0 atom stereocenters. The molecule has 1 N–H and O–H groups in total. The number of hydrogen-bond donors (Lipinski definition) is 1. The van der Waals surface area contributed by atoms with Crippen molar-refractivity contribution >= 4 is 11.8 Å². The van der Waals surface area contributed by atoms with Gasteiger partial charge in [0.15, 0.2) is 6.39 Å². The van der Waals surface area contributed by atoms with Crippen LogP contribution in [0.15, 0.2) is 59.6 Å². The molecule has 1 aliphatic rings. The van der Waals surface area contributed by atoms with Gasteiger partial charge in [0.05, 0.1) is 5.69 Å². The minimum Gasteiger partial charge on any atom is -0.490 e. The summed E-state index contributed by atoms with van der Waals surface area (Å²) < 4.78 is 11.3. The first-order valence-electron chi connectivity index (χ1n) is 10.2. The lowest BCUT2D eigenvalue weighted by Gasteiger charge is -2.31. The number of nitrogens with zero attached hydrogens (tertiary/aromatic N) is 3. The maximum Gasteiger partial charge on any atom is 0.291 e. The molecule has 8 nitrogen and oxygen atoms in total. The third kappa shape index (κ3) is 5.09. The van der Waals surface area contributed by atoms with Crippen molar-refractivity contribution in [3.63, 3.8) is 0 Å². The zero-order valence-corrected chi connectivity index (χ0v) is 17.3. The Kier molecular flexibility index (Phi) is 6.26. The van der Waals surface area contributed by atoms with E-state index in [1.54, 1.807) is 42.4 Å². The van der Waals surface area contributed by atoms with Crippen LogP contribution in [-0.2, 0) is 6.54 Å². The summed E-state index contributed by atoms with van der Waals surface area (Å²) in [7, 11) is 0. The summed E-state index contributed by atoms with van der Waals surface area (Å²) in [4.78, 5) is 34.8. The van der Waals surface area contributed by atoms with Crippen molar-refractivity contribution in [2.75, 3.05) is 13.1 Å². The van der Waals surface area contributed by atoms with Crippen LogP contribution in [0.3, 0.4) is 0 Å². The first kappa shape index (κ1) is 20.6. The fourth-order valence-electron chi connectivity index (χ4n) is 3.52. The number of piperidine rings is 1. The molecular formula is C23H24N4O4. The number of benzene rings is 1. The summed E-state index contributed by atoms with van der Waals surface area (Å²) in [5.41, 5.74) is 2.07. The third-order valence-corrected chi connectivity index (χ3v) is 5.24. The van der Waals surface area contributed by atoms with Crippen molar-refractivity contribution in [3.8, 4) is 5.75 Å². The molecule has 0 spiro atoms. The lowest BCUT2D eigenvalue weighted by molar-refractivity contribution is 0.0565. The van der Waals surface area contributed by atoms with Crippen LogP contribution in [0.1, 0.15) is 45.0 Å². The molecule has 3 aromatic rings. The molecule has 160 valence electrons. The van der Waals surface area contributed by atoms with Crippen LogP contribution < -0.4 is 10.1 Å². The van der Waals surface area contributed by atoms with Crippen molar-refractivity contribution in [1.29, 1.82) is 0 Å². The predicted octanol–water partition coefficient (Wildman–Crippen LogP) is 2.99. The highest BCUT2D eigenvalue weighted by atomic mass is 16.5. The van der Waals surface area contributed by atoms with E-state index in [-0.39, 0.29) is 17.9 Å². The van der Waals surface area contributed by atoms with E-state index in [1.165, 1.54) is 6.39 Å². The molecule has 0 radical (unpaired) electrons. The van der Waals surface area contributed by atoms with E-state index < -0.39 is 0 Å². The molecule has 31 heavy (non-hydrogen) atoms. The lowest BCUT2D eigenvalue weighted by Crippen LogP contribution is -2.41. The highest BCUT2D eigenvalue weighted by molar-refractivity contribution is 5.94. The normalized spacial score (nSPS) is 14.3. The van der Waals surface area contributed by atoms with Crippen LogP contribution in [0.2, 0.25) is 0 Å². The first-order chi connectivity index (χ1) is 15.1. The standard InChI is InChI=1S/C23H24N4O4/c1-16-21(30-15-26-16)23(29)27-10-7-19(8-11-27)31-20-6-2-5-18(12-20)22(28)25-14-17-4-3-9-24-13-17/h2-6,9,12-13,15,19H,7-8,10-11,14H2,1H3,(H,25,28). The van der Waals surface area contributed by atoms with E-state index in [2.05, 4.69) is 15.3 Å². The Bertz CT molecular complexity index is 1040. The Balaban J connectivity index is 1.30. The van der Waals surface area contributed by atoms with Crippen LogP contribution in [0.4, 0.5) is 0 Å². The molecule has 1 fully saturated rings. The molecule has 1 aromatic carbocycles. The Hall–Kier alpha value is -3.68. The van der Waals surface area contributed by atoms with Gasteiger partial charge < -0.3 is 19.4 Å². The van der Waals surface area contributed by atoms with Crippen LogP contribution in [-0.4, -0.2) is 45.9 Å². The van der Waals surface area contributed by atoms with Gasteiger partial charge in [0, 0.05) is 50.4 Å². The van der Waals surface area contributed by atoms with Gasteiger partial charge in [-0.2, -0.15) is 0 Å². The Labute approximate surface area is 180 Å². The molecule has 0 unspecified atom stereocenters. The number of oxazole rings is 1. The number of aryl methyl sites for hydroxylation is 1. The van der Waals surface area contributed by atoms with E-state index in [0.717, 1.165) is 5.56 Å². The van der Waals surface area contributed by atoms with Crippen LogP contribution >= 0.6 is 0 Å². The molecule has 1 aliphatic heterocycles. The summed E-state index contributed by atoms with van der Waals surface area (Å²) >= 11 is 0. The Morgan fingerprint density at radius 2 is 2.06 bits per heavy atom. The van der Waals surface area contributed by atoms with Crippen molar-refractivity contribution in [2.24, 2.45) is 0 Å². The molecular weight excluding hydrogens is 396 g/mol. The van der Waals surface area contributed by atoms with Gasteiger partial charge in [0.25, 0.3) is 11.8 Å². The number of carbonyl (C=O) groups is 2. The van der Waals surface area contributed by atoms with Crippen molar-refractivity contribution in [2.45, 2.75) is 32.4 Å². The van der Waals surface area contributed by atoms with Gasteiger partial charge in [-0.05, 0) is 36.8 Å². The SMILES string of the molecule is Cc1ncoc1C(=O)N1CCC(Oc2cccc(C(=O)NCc3cccnc3)c2)CC1. The smallest absolute Gasteiger partial charge is 0.291 e. The first-order valence-corrected chi connectivity index (χ1v) is 10.2. The molecule has 0 aliphatic carbocycles. The van der Waals surface area contributed by atoms with Crippen LogP contribution in [0.25, 0.3) is 0 Å². The summed E-state index contributed by atoms with van der Waals surface area (Å²) in [5.74, 6) is 0.632. The second-order valence-corrected chi connectivity index (χ2v) is 7.45. The van der Waals surface area contributed by atoms with E-state index in [0.29, 0.717) is 55.2 Å². The second kappa shape index (κ2) is 9.42. The zero-order valence-electron chi connectivity index (χ0n) is 17.3. The Morgan fingerprint density at radius 3 is 2.77 bits per heavy atom. The largest absolute Gasteiger partial charge is 0.490 e. The summed E-state index contributed by atoms with van der Waals surface area (Å²) in [6, 6.07) is 10.9. The van der Waals surface area contributed by atoms with Gasteiger partial charge in [0.1, 0.15) is 11.9 Å². The van der Waals surface area contributed by atoms with Crippen LogP contribution in [0.5, 0.6) is 5.75 Å². The number of pyridine rings is 1. The average molecular weight is 420 g/mol. The second-order valence-electron chi connectivity index (χ2n) is 7.45. The highest BCUT2D eigenvalue weighted by Gasteiger charge is 2.27. The fourth-order valence-corrected chi connectivity index (χ4v) is 3.52. The maximum absolute atomic E-state index is 12.5. The minimum absolute atomic E-state index is 0.0198. The number of likely N-dealkylation sites (tertiary alicyclic amines) is 1. The fraction of sp³-hybridized carbons (Fsp3) is 0.304. The number of aromatic nitrogens is 2. The zero-order chi connectivity index (χ0) is 21.6. The number of carbonyl (C=O) groups excluding carboxylic acids is 2. The monoisotopic (exact) mass is 420 g/mol. The number of ether oxygens (including phenoxy) is 1. The number of nitrogens with one attached hydrogen (secondary N) is 1. The van der Waals surface area contributed by atoms with E-state index >= 15 is 0 Å². The maximum atomic E-state index is 12.5. The number of amides is 2. The van der Waals surface area contributed by atoms with Gasteiger partial charge >= 0.3 is 0 Å². The van der Waals surface area contributed by atoms with Gasteiger partial charge in [-0.15, -0.1) is 0 Å². The molecule has 8 heteroatoms. The summed E-state index contributed by atoms with van der Waals surface area (Å²) in [6.45, 7) is 3.32.